The summed E-state index contributed by atoms with van der Waals surface area (Å²) in [6.07, 6.45) is 17.3. The van der Waals surface area contributed by atoms with Crippen molar-refractivity contribution in [2.75, 3.05) is 0 Å². The Morgan fingerprint density at radius 3 is 1.10 bits per heavy atom. The molecular formula is C68H66. The van der Waals surface area contributed by atoms with E-state index in [-0.39, 0.29) is 10.8 Å². The second-order valence-corrected chi connectivity index (χ2v) is 20.0. The summed E-state index contributed by atoms with van der Waals surface area (Å²) in [5.74, 6) is 0. The lowest BCUT2D eigenvalue weighted by Crippen LogP contribution is -2.20. The maximum Gasteiger partial charge on any atom is 0.0187 e. The average molecular weight is 883 g/mol. The van der Waals surface area contributed by atoms with Crippen molar-refractivity contribution in [3.63, 3.8) is 0 Å². The summed E-state index contributed by atoms with van der Waals surface area (Å²) in [7, 11) is 0. The predicted molar refractivity (Wildman–Crippen MR) is 293 cm³/mol. The minimum absolute atomic E-state index is 0.00222. The van der Waals surface area contributed by atoms with Crippen molar-refractivity contribution in [3.8, 4) is 33.4 Å². The van der Waals surface area contributed by atoms with Crippen molar-refractivity contribution in [2.24, 2.45) is 0 Å². The third-order valence-corrected chi connectivity index (χ3v) is 15.5. The van der Waals surface area contributed by atoms with Gasteiger partial charge >= 0.3 is 0 Å². The van der Waals surface area contributed by atoms with Crippen LogP contribution >= 0.6 is 0 Å². The lowest BCUT2D eigenvalue weighted by molar-refractivity contribution is 0.487. The first kappa shape index (κ1) is 45.0. The molecule has 2 aliphatic carbocycles. The van der Waals surface area contributed by atoms with Crippen LogP contribution in [0.4, 0.5) is 0 Å². The molecule has 0 heteroatoms. The molecule has 2 atom stereocenters. The van der Waals surface area contributed by atoms with Gasteiger partial charge in [0.25, 0.3) is 0 Å². The van der Waals surface area contributed by atoms with Gasteiger partial charge in [0.2, 0.25) is 0 Å². The molecule has 10 rings (SSSR count). The number of rotatable bonds is 17. The molecule has 68 heavy (non-hydrogen) atoms. The Balaban J connectivity index is 0.944. The molecule has 2 aliphatic rings. The Morgan fingerprint density at radius 1 is 0.338 bits per heavy atom. The number of unbranched alkanes of at least 4 members (excludes halogenated alkanes) is 6. The highest BCUT2D eigenvalue weighted by molar-refractivity contribution is 5.95. The minimum atomic E-state index is -0.00222. The molecule has 0 fully saturated rings. The van der Waals surface area contributed by atoms with E-state index in [1.165, 1.54) is 164 Å². The Bertz CT molecular complexity index is 2860. The topological polar surface area (TPSA) is 0 Å². The second kappa shape index (κ2) is 19.8. The number of fused-ring (bicyclic) bond motifs is 6. The van der Waals surface area contributed by atoms with E-state index in [0.717, 1.165) is 0 Å². The Hall–Kier alpha value is -6.76. The molecule has 8 aromatic rings. The maximum absolute atomic E-state index is 2.51. The van der Waals surface area contributed by atoms with Gasteiger partial charge in [-0.1, -0.05) is 261 Å². The molecule has 0 radical (unpaired) electrons. The van der Waals surface area contributed by atoms with Crippen LogP contribution in [0.15, 0.2) is 194 Å². The Kier molecular flexibility index (Phi) is 13.1. The molecule has 338 valence electrons. The molecule has 0 aromatic heterocycles. The van der Waals surface area contributed by atoms with Crippen molar-refractivity contribution in [3.05, 3.63) is 250 Å². The third kappa shape index (κ3) is 8.78. The van der Waals surface area contributed by atoms with Gasteiger partial charge in [0.1, 0.15) is 0 Å². The van der Waals surface area contributed by atoms with E-state index in [1.807, 2.05) is 0 Å². The number of benzene rings is 8. The SMILES string of the molecule is CCCCCCC1(C)c2ccccc2-c2ccc(/C(=C/c3ccc(-c4ccc(/C=C(\c5ccccc5)c5ccc6c(c5)C(C)(CCCCCC)c5ccccc5-6)cc4)cc3)c3ccccc3)cc21. The van der Waals surface area contributed by atoms with Gasteiger partial charge in [-0.2, -0.15) is 0 Å². The van der Waals surface area contributed by atoms with Gasteiger partial charge in [-0.25, -0.2) is 0 Å². The zero-order valence-electron chi connectivity index (χ0n) is 40.7. The summed E-state index contributed by atoms with van der Waals surface area (Å²) in [6.45, 7) is 9.58. The molecule has 0 bridgehead atoms. The Morgan fingerprint density at radius 2 is 0.706 bits per heavy atom. The van der Waals surface area contributed by atoms with Crippen LogP contribution in [0.3, 0.4) is 0 Å². The van der Waals surface area contributed by atoms with Crippen LogP contribution in [0.25, 0.3) is 56.7 Å². The van der Waals surface area contributed by atoms with Gasteiger partial charge in [0, 0.05) is 10.8 Å². The van der Waals surface area contributed by atoms with Crippen LogP contribution in [-0.2, 0) is 10.8 Å². The van der Waals surface area contributed by atoms with E-state index in [1.54, 1.807) is 0 Å². The first-order valence-corrected chi connectivity index (χ1v) is 25.6. The lowest BCUT2D eigenvalue weighted by Gasteiger charge is -2.28. The molecule has 0 aliphatic heterocycles. The van der Waals surface area contributed by atoms with E-state index < -0.39 is 0 Å². The summed E-state index contributed by atoms with van der Waals surface area (Å²) in [5, 5.41) is 0. The first-order valence-electron chi connectivity index (χ1n) is 25.6. The number of hydrogen-bond acceptors (Lipinski definition) is 0. The van der Waals surface area contributed by atoms with Crippen LogP contribution in [0.5, 0.6) is 0 Å². The van der Waals surface area contributed by atoms with E-state index in [4.69, 9.17) is 0 Å². The summed E-state index contributed by atoms with van der Waals surface area (Å²) in [6, 6.07) is 72.9. The highest BCUT2D eigenvalue weighted by Crippen LogP contribution is 2.54. The van der Waals surface area contributed by atoms with Gasteiger partial charge in [-0.05, 0) is 137 Å². The zero-order chi connectivity index (χ0) is 46.5. The fraction of sp³-hybridized carbons (Fsp3) is 0.235. The molecule has 0 amide bonds. The molecular weight excluding hydrogens is 817 g/mol. The summed E-state index contributed by atoms with van der Waals surface area (Å²) >= 11 is 0. The van der Waals surface area contributed by atoms with Gasteiger partial charge in [0.05, 0.1) is 0 Å². The zero-order valence-corrected chi connectivity index (χ0v) is 40.7. The van der Waals surface area contributed by atoms with Gasteiger partial charge in [-0.15, -0.1) is 0 Å². The van der Waals surface area contributed by atoms with Crippen LogP contribution in [0, 0.1) is 0 Å². The van der Waals surface area contributed by atoms with Gasteiger partial charge in [-0.3, -0.25) is 0 Å². The van der Waals surface area contributed by atoms with Crippen molar-refractivity contribution >= 4 is 23.3 Å². The van der Waals surface area contributed by atoms with Crippen molar-refractivity contribution in [2.45, 2.75) is 103 Å². The largest absolute Gasteiger partial charge is 0.0654 e. The minimum Gasteiger partial charge on any atom is -0.0654 e. The second-order valence-electron chi connectivity index (χ2n) is 20.0. The van der Waals surface area contributed by atoms with Crippen LogP contribution in [0.1, 0.15) is 148 Å². The van der Waals surface area contributed by atoms with Gasteiger partial charge in [0.15, 0.2) is 0 Å². The van der Waals surface area contributed by atoms with E-state index in [2.05, 4.69) is 234 Å². The van der Waals surface area contributed by atoms with Crippen LogP contribution < -0.4 is 0 Å². The fourth-order valence-corrected chi connectivity index (χ4v) is 11.6. The van der Waals surface area contributed by atoms with E-state index in [0.29, 0.717) is 0 Å². The highest BCUT2D eigenvalue weighted by Gasteiger charge is 2.40. The quantitative estimate of drug-likeness (QED) is 0.0631. The van der Waals surface area contributed by atoms with Crippen molar-refractivity contribution in [1.29, 1.82) is 0 Å². The number of hydrogen-bond donors (Lipinski definition) is 0. The Labute approximate surface area is 407 Å². The molecule has 0 saturated heterocycles. The van der Waals surface area contributed by atoms with Crippen molar-refractivity contribution < 1.29 is 0 Å². The molecule has 0 N–H and O–H groups in total. The normalized spacial score (nSPS) is 17.1. The fourth-order valence-electron chi connectivity index (χ4n) is 11.6. The highest BCUT2D eigenvalue weighted by atomic mass is 14.4. The van der Waals surface area contributed by atoms with Gasteiger partial charge < -0.3 is 0 Å². The molecule has 0 saturated carbocycles. The molecule has 0 spiro atoms. The van der Waals surface area contributed by atoms with Crippen molar-refractivity contribution in [1.82, 2.24) is 0 Å². The van der Waals surface area contributed by atoms with E-state index >= 15 is 0 Å². The summed E-state index contributed by atoms with van der Waals surface area (Å²) in [5.41, 5.74) is 23.8. The smallest absolute Gasteiger partial charge is 0.0187 e. The third-order valence-electron chi connectivity index (χ3n) is 15.5. The monoisotopic (exact) mass is 883 g/mol. The summed E-state index contributed by atoms with van der Waals surface area (Å²) in [4.78, 5) is 0. The van der Waals surface area contributed by atoms with E-state index in [9.17, 15) is 0 Å². The molecule has 0 heterocycles. The standard InChI is InChI=1S/C68H66/c1-5-7-9-21-43-67(3)63-29-19-17-27-57(63)59-41-39-55(47-65(59)67)61(53-23-13-11-14-24-53)45-49-31-35-51(36-32-49)52-37-33-50(34-38-52)46-62(54-25-15-12-16-26-54)56-40-42-60-58-28-18-20-30-64(58)68(4,66(60)48-56)44-22-10-8-6-2/h11-20,23-42,45-48H,5-10,21-22,43-44H2,1-4H3/b61-45+,62-46+. The predicted octanol–water partition coefficient (Wildman–Crippen LogP) is 19.0. The molecule has 2 unspecified atom stereocenters. The first-order chi connectivity index (χ1) is 33.4. The molecule has 8 aromatic carbocycles. The average Bonchev–Trinajstić information content (AvgIpc) is 3.79. The molecule has 0 nitrogen and oxygen atoms in total. The van der Waals surface area contributed by atoms with Crippen LogP contribution in [-0.4, -0.2) is 0 Å². The van der Waals surface area contributed by atoms with Crippen LogP contribution in [0.2, 0.25) is 0 Å². The summed E-state index contributed by atoms with van der Waals surface area (Å²) < 4.78 is 0. The lowest BCUT2D eigenvalue weighted by atomic mass is 9.75. The maximum atomic E-state index is 2.51.